The maximum absolute atomic E-state index is 10.8. The van der Waals surface area contributed by atoms with E-state index in [1.165, 1.54) is 6.07 Å². The van der Waals surface area contributed by atoms with Crippen LogP contribution in [0.5, 0.6) is 5.75 Å². The summed E-state index contributed by atoms with van der Waals surface area (Å²) >= 11 is 0. The molecule has 17 heavy (non-hydrogen) atoms. The first-order valence-electron chi connectivity index (χ1n) is 5.17. The molecule has 0 amide bonds. The van der Waals surface area contributed by atoms with Gasteiger partial charge < -0.3 is 10.1 Å². The predicted octanol–water partition coefficient (Wildman–Crippen LogP) is 2.43. The van der Waals surface area contributed by atoms with Crippen molar-refractivity contribution in [3.8, 4) is 18.1 Å². The van der Waals surface area contributed by atoms with Crippen molar-refractivity contribution in [2.75, 3.05) is 11.9 Å². The summed E-state index contributed by atoms with van der Waals surface area (Å²) in [7, 11) is 0. The Labute approximate surface area is 99.9 Å². The largest absolute Gasteiger partial charge is 0.484 e. The molecule has 0 spiro atoms. The van der Waals surface area contributed by atoms with Gasteiger partial charge in [-0.1, -0.05) is 5.92 Å². The quantitative estimate of drug-likeness (QED) is 0.482. The van der Waals surface area contributed by atoms with Crippen molar-refractivity contribution in [2.24, 2.45) is 0 Å². The van der Waals surface area contributed by atoms with Crippen LogP contribution in [0.1, 0.15) is 13.8 Å². The zero-order valence-corrected chi connectivity index (χ0v) is 9.77. The summed E-state index contributed by atoms with van der Waals surface area (Å²) in [5.41, 5.74) is 0.647. The van der Waals surface area contributed by atoms with Crippen LogP contribution < -0.4 is 10.1 Å². The van der Waals surface area contributed by atoms with Crippen molar-refractivity contribution in [1.82, 2.24) is 0 Å². The molecule has 0 bridgehead atoms. The molecule has 0 saturated carbocycles. The Morgan fingerprint density at radius 2 is 2.29 bits per heavy atom. The molecule has 0 aliphatic heterocycles. The van der Waals surface area contributed by atoms with Crippen LogP contribution >= 0.6 is 0 Å². The van der Waals surface area contributed by atoms with Crippen LogP contribution in [0.2, 0.25) is 0 Å². The van der Waals surface area contributed by atoms with E-state index in [-0.39, 0.29) is 17.5 Å². The van der Waals surface area contributed by atoms with Gasteiger partial charge >= 0.3 is 5.69 Å². The first-order chi connectivity index (χ1) is 8.04. The number of nitrogens with zero attached hydrogens (tertiary/aromatic N) is 1. The van der Waals surface area contributed by atoms with Crippen LogP contribution in [0.25, 0.3) is 0 Å². The van der Waals surface area contributed by atoms with Crippen molar-refractivity contribution in [3.63, 3.8) is 0 Å². The number of benzene rings is 1. The highest BCUT2D eigenvalue weighted by Gasteiger charge is 2.16. The van der Waals surface area contributed by atoms with Crippen LogP contribution in [-0.4, -0.2) is 17.6 Å². The lowest BCUT2D eigenvalue weighted by atomic mass is 10.2. The van der Waals surface area contributed by atoms with Gasteiger partial charge in [-0.05, 0) is 19.9 Å². The number of nitro groups is 1. The number of ether oxygens (including phenoxy) is 1. The second kappa shape index (κ2) is 5.75. The molecule has 90 valence electrons. The highest BCUT2D eigenvalue weighted by molar-refractivity contribution is 5.58. The van der Waals surface area contributed by atoms with E-state index in [9.17, 15) is 10.1 Å². The molecular weight excluding hydrogens is 220 g/mol. The minimum absolute atomic E-state index is 0.0510. The highest BCUT2D eigenvalue weighted by Crippen LogP contribution is 2.30. The molecule has 0 heterocycles. The smallest absolute Gasteiger partial charge is 0.311 e. The van der Waals surface area contributed by atoms with Crippen LogP contribution in [0, 0.1) is 22.5 Å². The lowest BCUT2D eigenvalue weighted by Crippen LogP contribution is -2.08. The molecule has 0 unspecified atom stereocenters. The molecule has 0 fully saturated rings. The Balaban J connectivity index is 3.02. The SMILES string of the molecule is C#CCNc1ccc([N+](=O)[O-])c(OC(C)C)c1. The number of nitro benzene ring substituents is 1. The summed E-state index contributed by atoms with van der Waals surface area (Å²) < 4.78 is 5.39. The zero-order chi connectivity index (χ0) is 12.8. The third-order valence-corrected chi connectivity index (χ3v) is 1.91. The monoisotopic (exact) mass is 234 g/mol. The van der Waals surface area contributed by atoms with E-state index in [1.807, 2.05) is 13.8 Å². The molecule has 0 saturated heterocycles. The van der Waals surface area contributed by atoms with Gasteiger partial charge in [0.1, 0.15) is 0 Å². The molecule has 0 aliphatic rings. The van der Waals surface area contributed by atoms with Gasteiger partial charge in [-0.3, -0.25) is 10.1 Å². The Kier molecular flexibility index (Phi) is 4.35. The average Bonchev–Trinajstić information content (AvgIpc) is 2.25. The molecular formula is C12H14N2O3. The molecule has 1 aromatic carbocycles. The van der Waals surface area contributed by atoms with E-state index in [2.05, 4.69) is 11.2 Å². The third kappa shape index (κ3) is 3.68. The first-order valence-corrected chi connectivity index (χ1v) is 5.17. The standard InChI is InChI=1S/C12H14N2O3/c1-4-7-13-10-5-6-11(14(15)16)12(8-10)17-9(2)3/h1,5-6,8-9,13H,7H2,2-3H3. The van der Waals surface area contributed by atoms with Gasteiger partial charge in [0, 0.05) is 17.8 Å². The van der Waals surface area contributed by atoms with Crippen LogP contribution in [0.15, 0.2) is 18.2 Å². The van der Waals surface area contributed by atoms with Crippen molar-refractivity contribution in [1.29, 1.82) is 0 Å². The van der Waals surface area contributed by atoms with Gasteiger partial charge in [-0.25, -0.2) is 0 Å². The summed E-state index contributed by atoms with van der Waals surface area (Å²) in [6.07, 6.45) is 4.99. The maximum Gasteiger partial charge on any atom is 0.311 e. The fourth-order valence-corrected chi connectivity index (χ4v) is 1.28. The lowest BCUT2D eigenvalue weighted by molar-refractivity contribution is -0.386. The van der Waals surface area contributed by atoms with Gasteiger partial charge in [-0.15, -0.1) is 6.42 Å². The second-order valence-electron chi connectivity index (χ2n) is 3.66. The van der Waals surface area contributed by atoms with E-state index in [0.29, 0.717) is 12.2 Å². The van der Waals surface area contributed by atoms with Crippen LogP contribution in [0.4, 0.5) is 11.4 Å². The third-order valence-electron chi connectivity index (χ3n) is 1.91. The summed E-state index contributed by atoms with van der Waals surface area (Å²) in [6, 6.07) is 4.58. The van der Waals surface area contributed by atoms with Crippen LogP contribution in [0.3, 0.4) is 0 Å². The summed E-state index contributed by atoms with van der Waals surface area (Å²) in [5.74, 6) is 2.67. The van der Waals surface area contributed by atoms with E-state index >= 15 is 0 Å². The molecule has 0 aliphatic carbocycles. The summed E-state index contributed by atoms with van der Waals surface area (Å²) in [4.78, 5) is 10.3. The first kappa shape index (κ1) is 12.8. The van der Waals surface area contributed by atoms with Crippen molar-refractivity contribution >= 4 is 11.4 Å². The molecule has 1 rings (SSSR count). The number of hydrogen-bond donors (Lipinski definition) is 1. The van der Waals surface area contributed by atoms with Gasteiger partial charge in [0.25, 0.3) is 0 Å². The fraction of sp³-hybridized carbons (Fsp3) is 0.333. The Bertz CT molecular complexity index is 450. The predicted molar refractivity (Wildman–Crippen MR) is 66.2 cm³/mol. The number of rotatable bonds is 5. The molecule has 1 aromatic rings. The topological polar surface area (TPSA) is 64.4 Å². The molecule has 0 aromatic heterocycles. The maximum atomic E-state index is 10.8. The Morgan fingerprint density at radius 1 is 1.59 bits per heavy atom. The Hall–Kier alpha value is -2.22. The average molecular weight is 234 g/mol. The summed E-state index contributed by atoms with van der Waals surface area (Å²) in [5, 5.41) is 13.7. The van der Waals surface area contributed by atoms with E-state index in [0.717, 1.165) is 0 Å². The molecule has 0 radical (unpaired) electrons. The van der Waals surface area contributed by atoms with Crippen LogP contribution in [-0.2, 0) is 0 Å². The molecule has 5 nitrogen and oxygen atoms in total. The fourth-order valence-electron chi connectivity index (χ4n) is 1.28. The zero-order valence-electron chi connectivity index (χ0n) is 9.77. The number of anilines is 1. The van der Waals surface area contributed by atoms with Crippen molar-refractivity contribution in [2.45, 2.75) is 20.0 Å². The lowest BCUT2D eigenvalue weighted by Gasteiger charge is -2.11. The Morgan fingerprint density at radius 3 is 2.82 bits per heavy atom. The van der Waals surface area contributed by atoms with Gasteiger partial charge in [0.05, 0.1) is 17.6 Å². The summed E-state index contributed by atoms with van der Waals surface area (Å²) in [6.45, 7) is 3.98. The number of hydrogen-bond acceptors (Lipinski definition) is 4. The van der Waals surface area contributed by atoms with Gasteiger partial charge in [-0.2, -0.15) is 0 Å². The van der Waals surface area contributed by atoms with Gasteiger partial charge in [0.2, 0.25) is 0 Å². The molecule has 5 heteroatoms. The van der Waals surface area contributed by atoms with Gasteiger partial charge in [0.15, 0.2) is 5.75 Å². The minimum Gasteiger partial charge on any atom is -0.484 e. The van der Waals surface area contributed by atoms with E-state index in [1.54, 1.807) is 12.1 Å². The number of nitrogens with one attached hydrogen (secondary N) is 1. The number of terminal acetylenes is 1. The normalized spacial score (nSPS) is 9.76. The van der Waals surface area contributed by atoms with Crippen molar-refractivity contribution < 1.29 is 9.66 Å². The second-order valence-corrected chi connectivity index (χ2v) is 3.66. The van der Waals surface area contributed by atoms with E-state index < -0.39 is 4.92 Å². The molecule has 0 atom stereocenters. The molecule has 1 N–H and O–H groups in total. The highest BCUT2D eigenvalue weighted by atomic mass is 16.6. The minimum atomic E-state index is -0.470. The van der Waals surface area contributed by atoms with E-state index in [4.69, 9.17) is 11.2 Å². The van der Waals surface area contributed by atoms with Crippen molar-refractivity contribution in [3.05, 3.63) is 28.3 Å².